The molecule has 0 spiro atoms. The van der Waals surface area contributed by atoms with Gasteiger partial charge in [-0.25, -0.2) is 15.0 Å². The van der Waals surface area contributed by atoms with Gasteiger partial charge >= 0.3 is 0 Å². The zero-order valence-electron chi connectivity index (χ0n) is 19.1. The molecule has 0 saturated heterocycles. The average molecular weight is 464 g/mol. The summed E-state index contributed by atoms with van der Waals surface area (Å²) in [6.07, 6.45) is 6.48. The minimum Gasteiger partial charge on any atom is -0.491 e. The van der Waals surface area contributed by atoms with E-state index < -0.39 is 0 Å². The minimum atomic E-state index is 0.189. The fourth-order valence-electron chi connectivity index (χ4n) is 4.50. The van der Waals surface area contributed by atoms with Crippen molar-refractivity contribution in [3.05, 3.63) is 53.0 Å². The lowest BCUT2D eigenvalue weighted by Gasteiger charge is -2.11. The highest BCUT2D eigenvalue weighted by atomic mass is 32.2. The van der Waals surface area contributed by atoms with Gasteiger partial charge in [0.25, 0.3) is 0 Å². The van der Waals surface area contributed by atoms with E-state index in [-0.39, 0.29) is 6.10 Å². The van der Waals surface area contributed by atoms with Gasteiger partial charge < -0.3 is 4.74 Å². The molecule has 4 nitrogen and oxygen atoms in total. The van der Waals surface area contributed by atoms with Gasteiger partial charge in [0, 0.05) is 16.8 Å². The number of fused-ring (bicyclic) bond motifs is 5. The molecule has 5 rings (SSSR count). The number of thiophene rings is 1. The molecular weight excluding hydrogens is 434 g/mol. The van der Waals surface area contributed by atoms with Crippen LogP contribution in [0.2, 0.25) is 0 Å². The monoisotopic (exact) mass is 463 g/mol. The number of thioether (sulfide) groups is 1. The van der Waals surface area contributed by atoms with Gasteiger partial charge in [0.15, 0.2) is 0 Å². The average Bonchev–Trinajstić information content (AvgIpc) is 3.37. The molecule has 0 unspecified atom stereocenters. The summed E-state index contributed by atoms with van der Waals surface area (Å²) in [5, 5.41) is 2.34. The Morgan fingerprint density at radius 2 is 1.81 bits per heavy atom. The van der Waals surface area contributed by atoms with Crippen molar-refractivity contribution in [1.29, 1.82) is 0 Å². The van der Waals surface area contributed by atoms with Crippen LogP contribution < -0.4 is 4.74 Å². The Morgan fingerprint density at radius 3 is 2.56 bits per heavy atom. The molecule has 1 aliphatic carbocycles. The maximum absolute atomic E-state index is 5.76. The predicted molar refractivity (Wildman–Crippen MR) is 135 cm³/mol. The number of nitrogens with zero attached hydrogens (tertiary/aromatic N) is 3. The highest BCUT2D eigenvalue weighted by molar-refractivity contribution is 7.98. The third kappa shape index (κ3) is 4.23. The lowest BCUT2D eigenvalue weighted by Crippen LogP contribution is -2.05. The SMILES string of the molecule is CC(C)Cc1nc2sc3c(SCc4ccc(OC(C)C)cc4)ncnc3c2c2c1CCC2. The molecule has 0 amide bonds. The van der Waals surface area contributed by atoms with E-state index in [0.29, 0.717) is 5.92 Å². The van der Waals surface area contributed by atoms with Gasteiger partial charge in [-0.05, 0) is 74.3 Å². The van der Waals surface area contributed by atoms with Gasteiger partial charge in [-0.1, -0.05) is 26.0 Å². The summed E-state index contributed by atoms with van der Waals surface area (Å²) in [4.78, 5) is 15.6. The number of pyridine rings is 1. The van der Waals surface area contributed by atoms with E-state index in [0.717, 1.165) is 46.1 Å². The third-order valence-corrected chi connectivity index (χ3v) is 8.07. The highest BCUT2D eigenvalue weighted by Crippen LogP contribution is 2.42. The number of aryl methyl sites for hydroxylation is 1. The molecule has 0 saturated carbocycles. The summed E-state index contributed by atoms with van der Waals surface area (Å²) >= 11 is 3.54. The van der Waals surface area contributed by atoms with Crippen molar-refractivity contribution in [3.63, 3.8) is 0 Å². The first-order chi connectivity index (χ1) is 15.5. The number of hydrogen-bond donors (Lipinski definition) is 0. The zero-order chi connectivity index (χ0) is 22.2. The van der Waals surface area contributed by atoms with Gasteiger partial charge in [-0.2, -0.15) is 0 Å². The largest absolute Gasteiger partial charge is 0.491 e. The molecule has 0 N–H and O–H groups in total. The van der Waals surface area contributed by atoms with Crippen molar-refractivity contribution < 1.29 is 4.74 Å². The Bertz CT molecular complexity index is 1260. The number of rotatable bonds is 7. The molecule has 166 valence electrons. The molecule has 0 aliphatic heterocycles. The van der Waals surface area contributed by atoms with Crippen LogP contribution in [0, 0.1) is 5.92 Å². The number of aromatic nitrogens is 3. The van der Waals surface area contributed by atoms with E-state index in [9.17, 15) is 0 Å². The first kappa shape index (κ1) is 21.7. The summed E-state index contributed by atoms with van der Waals surface area (Å²) in [7, 11) is 0. The van der Waals surface area contributed by atoms with Gasteiger partial charge in [-0.3, -0.25) is 0 Å². The van der Waals surface area contributed by atoms with Crippen molar-refractivity contribution in [2.75, 3.05) is 0 Å². The summed E-state index contributed by atoms with van der Waals surface area (Å²) < 4.78 is 6.94. The van der Waals surface area contributed by atoms with Gasteiger partial charge in [0.2, 0.25) is 0 Å². The Balaban J connectivity index is 1.48. The molecule has 0 bridgehead atoms. The fourth-order valence-corrected chi connectivity index (χ4v) is 6.71. The van der Waals surface area contributed by atoms with Gasteiger partial charge in [0.05, 0.1) is 16.3 Å². The quantitative estimate of drug-likeness (QED) is 0.218. The Morgan fingerprint density at radius 1 is 1.03 bits per heavy atom. The lowest BCUT2D eigenvalue weighted by atomic mass is 9.99. The molecule has 1 aliphatic rings. The molecule has 0 fully saturated rings. The maximum atomic E-state index is 5.76. The maximum Gasteiger partial charge on any atom is 0.126 e. The second kappa shape index (κ2) is 8.99. The van der Waals surface area contributed by atoms with Gasteiger partial charge in [0.1, 0.15) is 21.9 Å². The van der Waals surface area contributed by atoms with Crippen LogP contribution in [0.5, 0.6) is 5.75 Å². The first-order valence-electron chi connectivity index (χ1n) is 11.5. The Hall–Kier alpha value is -2.18. The predicted octanol–water partition coefficient (Wildman–Crippen LogP) is 7.01. The van der Waals surface area contributed by atoms with Crippen LogP contribution in [0.15, 0.2) is 35.6 Å². The molecule has 6 heteroatoms. The van der Waals surface area contributed by atoms with Crippen LogP contribution in [0.25, 0.3) is 20.4 Å². The third-order valence-electron chi connectivity index (χ3n) is 5.80. The number of hydrogen-bond acceptors (Lipinski definition) is 6. The van der Waals surface area contributed by atoms with Crippen molar-refractivity contribution >= 4 is 43.5 Å². The number of benzene rings is 1. The second-order valence-electron chi connectivity index (χ2n) is 9.21. The van der Waals surface area contributed by atoms with E-state index in [2.05, 4.69) is 31.0 Å². The molecule has 4 aromatic rings. The lowest BCUT2D eigenvalue weighted by molar-refractivity contribution is 0.242. The van der Waals surface area contributed by atoms with Crippen molar-refractivity contribution in [2.45, 2.75) is 70.3 Å². The van der Waals surface area contributed by atoms with Crippen LogP contribution in [0.1, 0.15) is 56.5 Å². The minimum absolute atomic E-state index is 0.189. The van der Waals surface area contributed by atoms with E-state index in [1.54, 1.807) is 29.4 Å². The summed E-state index contributed by atoms with van der Waals surface area (Å²) in [6, 6.07) is 8.38. The van der Waals surface area contributed by atoms with Crippen molar-refractivity contribution in [3.8, 4) is 5.75 Å². The van der Waals surface area contributed by atoms with E-state index in [1.807, 2.05) is 26.0 Å². The standard InChI is InChI=1S/C26H29N3OS2/c1-15(2)12-21-19-6-5-7-20(19)22-23-24(32-25(22)29-21)26(28-14-27-23)31-13-17-8-10-18(11-9-17)30-16(3)4/h8-11,14-16H,5-7,12-13H2,1-4H3. The van der Waals surface area contributed by atoms with Crippen molar-refractivity contribution in [2.24, 2.45) is 5.92 Å². The highest BCUT2D eigenvalue weighted by Gasteiger charge is 2.24. The molecule has 0 radical (unpaired) electrons. The molecule has 3 heterocycles. The topological polar surface area (TPSA) is 47.9 Å². The van der Waals surface area contributed by atoms with Crippen LogP contribution in [0.3, 0.4) is 0 Å². The zero-order valence-corrected chi connectivity index (χ0v) is 20.8. The Kier molecular flexibility index (Phi) is 6.08. The van der Waals surface area contributed by atoms with Crippen molar-refractivity contribution in [1.82, 2.24) is 15.0 Å². The van der Waals surface area contributed by atoms with Crippen LogP contribution in [0.4, 0.5) is 0 Å². The summed E-state index contributed by atoms with van der Waals surface area (Å²) in [5.74, 6) is 2.40. The van der Waals surface area contributed by atoms with E-state index in [1.165, 1.54) is 38.9 Å². The smallest absolute Gasteiger partial charge is 0.126 e. The summed E-state index contributed by atoms with van der Waals surface area (Å²) in [6.45, 7) is 8.65. The molecule has 1 aromatic carbocycles. The van der Waals surface area contributed by atoms with E-state index >= 15 is 0 Å². The molecule has 0 atom stereocenters. The Labute approximate surface area is 197 Å². The molecule has 32 heavy (non-hydrogen) atoms. The molecular formula is C26H29N3OS2. The second-order valence-corrected chi connectivity index (χ2v) is 11.2. The van der Waals surface area contributed by atoms with Gasteiger partial charge in [-0.15, -0.1) is 23.1 Å². The summed E-state index contributed by atoms with van der Waals surface area (Å²) in [5.41, 5.74) is 6.63. The number of ether oxygens (including phenoxy) is 1. The first-order valence-corrected chi connectivity index (χ1v) is 13.3. The van der Waals surface area contributed by atoms with E-state index in [4.69, 9.17) is 14.7 Å². The molecule has 3 aromatic heterocycles. The van der Waals surface area contributed by atoms with Crippen LogP contribution >= 0.6 is 23.1 Å². The normalized spacial score (nSPS) is 13.6. The van der Waals surface area contributed by atoms with Crippen LogP contribution in [-0.4, -0.2) is 21.1 Å². The fraction of sp³-hybridized carbons (Fsp3) is 0.423. The van der Waals surface area contributed by atoms with Crippen LogP contribution in [-0.2, 0) is 25.0 Å².